The summed E-state index contributed by atoms with van der Waals surface area (Å²) in [6, 6.07) is 19.5. The van der Waals surface area contributed by atoms with E-state index in [0.717, 1.165) is 19.3 Å². The Hall–Kier alpha value is -4.79. The highest BCUT2D eigenvalue weighted by Crippen LogP contribution is 2.54. The van der Waals surface area contributed by atoms with Gasteiger partial charge in [-0.25, -0.2) is 14.1 Å². The van der Waals surface area contributed by atoms with Crippen LogP contribution in [-0.2, 0) is 38.2 Å². The smallest absolute Gasteiger partial charge is 0.483 e. The molecule has 18 heteroatoms. The van der Waals surface area contributed by atoms with E-state index in [0.29, 0.717) is 23.4 Å². The highest BCUT2D eigenvalue weighted by Gasteiger charge is 2.65. The number of hydrogen-bond donors (Lipinski definition) is 1. The number of fused-ring (bicyclic) bond motifs is 2. The number of anilines is 1. The Bertz CT molecular complexity index is 2430. The molecule has 0 radical (unpaired) electrons. The van der Waals surface area contributed by atoms with Gasteiger partial charge in [0, 0.05) is 6.61 Å². The lowest BCUT2D eigenvalue weighted by Gasteiger charge is -2.29. The van der Waals surface area contributed by atoms with E-state index in [4.69, 9.17) is 54.6 Å². The fourth-order valence-electron chi connectivity index (χ4n) is 8.85. The zero-order chi connectivity index (χ0) is 49.3. The van der Waals surface area contributed by atoms with Crippen LogP contribution >= 0.6 is 19.4 Å². The van der Waals surface area contributed by atoms with Crippen molar-refractivity contribution in [1.82, 2.24) is 14.6 Å². The van der Waals surface area contributed by atoms with Gasteiger partial charge in [0.2, 0.25) is 5.60 Å². The van der Waals surface area contributed by atoms with E-state index < -0.39 is 56.8 Å². The molecule has 2 saturated heterocycles. The number of hydrogen-bond acceptors (Lipinski definition) is 15. The van der Waals surface area contributed by atoms with E-state index in [2.05, 4.69) is 35.2 Å². The van der Waals surface area contributed by atoms with Crippen molar-refractivity contribution in [2.45, 2.75) is 166 Å². The Morgan fingerprint density at radius 3 is 2.07 bits per heavy atom. The van der Waals surface area contributed by atoms with Gasteiger partial charge in [-0.1, -0.05) is 127 Å². The van der Waals surface area contributed by atoms with Crippen molar-refractivity contribution in [3.05, 3.63) is 82.3 Å². The summed E-state index contributed by atoms with van der Waals surface area (Å²) in [5.74, 6) is -0.906. The topological polar surface area (TPSA) is 218 Å². The molecule has 4 aromatic rings. The molecule has 0 amide bonds. The lowest BCUT2D eigenvalue weighted by Crippen LogP contribution is -2.40. The summed E-state index contributed by atoms with van der Waals surface area (Å²) in [5, 5.41) is 35.4. The Labute approximate surface area is 411 Å². The Morgan fingerprint density at radius 2 is 1.46 bits per heavy atom. The molecule has 0 saturated carbocycles. The van der Waals surface area contributed by atoms with Crippen LogP contribution in [0.25, 0.3) is 5.52 Å². The van der Waals surface area contributed by atoms with Crippen LogP contribution in [-0.4, -0.2) is 71.2 Å². The predicted octanol–water partition coefficient (Wildman–Crippen LogP) is 11.6. The van der Waals surface area contributed by atoms with Crippen molar-refractivity contribution in [2.24, 2.45) is 0 Å². The Morgan fingerprint density at radius 1 is 0.841 bits per heavy atom. The number of unbranched alkanes of at least 4 members (excludes halogenated alkanes) is 15. The molecule has 2 aromatic carbocycles. The van der Waals surface area contributed by atoms with Crippen LogP contribution in [0.15, 0.2) is 54.9 Å². The molecule has 4 heterocycles. The number of aromatic nitrogens is 3. The number of benzene rings is 2. The fourth-order valence-corrected chi connectivity index (χ4v) is 10.3. The van der Waals surface area contributed by atoms with E-state index in [9.17, 15) is 20.4 Å². The number of ether oxygens (including phenoxy) is 5. The van der Waals surface area contributed by atoms with Crippen LogP contribution < -0.4 is 15.0 Å². The molecule has 69 heavy (non-hydrogen) atoms. The molecular weight excluding hydrogens is 921 g/mol. The SMILES string of the molecule is CCCCCCCCCCCCCCCCCCOC[C@H](COP(=O)(OC[C@H]1O[C@@](C#N)(c2ccc3c(N)ncnn23)[C@@H]2OC(C)(C)O[C@@H]21)Oc1ccccc1Cl)Oc1c(C#N)cc(C)cc1C#N. The largest absolute Gasteiger partial charge is 0.530 e. The third-order valence-electron chi connectivity index (χ3n) is 12.3. The van der Waals surface area contributed by atoms with Gasteiger partial charge in [-0.05, 0) is 69.2 Å². The van der Waals surface area contributed by atoms with E-state index in [1.54, 1.807) is 63.2 Å². The summed E-state index contributed by atoms with van der Waals surface area (Å²) in [5.41, 5.74) is 6.09. The van der Waals surface area contributed by atoms with Gasteiger partial charge >= 0.3 is 7.82 Å². The van der Waals surface area contributed by atoms with Crippen molar-refractivity contribution >= 4 is 30.8 Å². The summed E-state index contributed by atoms with van der Waals surface area (Å²) in [7, 11) is -4.68. The lowest BCUT2D eigenvalue weighted by atomic mass is 9.92. The predicted molar refractivity (Wildman–Crippen MR) is 260 cm³/mol. The molecule has 2 aliphatic heterocycles. The number of aryl methyl sites for hydroxylation is 1. The maximum atomic E-state index is 14.9. The maximum absolute atomic E-state index is 14.9. The quantitative estimate of drug-likeness (QED) is 0.0379. The zero-order valence-electron chi connectivity index (χ0n) is 40.4. The first-order chi connectivity index (χ1) is 33.4. The van der Waals surface area contributed by atoms with Crippen LogP contribution in [0.1, 0.15) is 146 Å². The number of nitrogen functional groups attached to an aromatic ring is 1. The molecule has 0 aliphatic carbocycles. The fraction of sp³-hybridized carbons (Fsp3) is 0.588. The van der Waals surface area contributed by atoms with Crippen LogP contribution in [0.3, 0.4) is 0 Å². The standard InChI is InChI=1S/C51H67ClN7O9P/c1-5-6-7-8-9-10-11-12-13-14-15-16-17-18-19-22-27-61-32-40(64-46-38(30-53)28-37(2)29-39(46)31-54)33-62-69(60,68-43-24-21-20-23-41(43)52)63-34-44-47-48(67-50(3,4)66-47)51(35-55,65-44)45-26-25-42-49(56)57-36-58-59(42)45/h20-21,23-26,28-29,36,40,44,47-48H,5-19,22,27,32-34H2,1-4H3,(H2,56,57,58)/t40-,44-,47-,48-,51+,69?/m1/s1. The maximum Gasteiger partial charge on any atom is 0.530 e. The van der Waals surface area contributed by atoms with Gasteiger partial charge in [-0.3, -0.25) is 9.05 Å². The molecule has 2 aromatic heterocycles. The van der Waals surface area contributed by atoms with Crippen molar-refractivity contribution in [2.75, 3.05) is 32.2 Å². The van der Waals surface area contributed by atoms with Gasteiger partial charge in [-0.15, -0.1) is 0 Å². The van der Waals surface area contributed by atoms with Gasteiger partial charge in [0.25, 0.3) is 0 Å². The minimum absolute atomic E-state index is 0.00637. The molecule has 0 spiro atoms. The molecule has 0 bridgehead atoms. The molecule has 6 rings (SSSR count). The van der Waals surface area contributed by atoms with Crippen molar-refractivity contribution in [3.8, 4) is 29.7 Å². The Kier molecular flexibility index (Phi) is 20.1. The zero-order valence-corrected chi connectivity index (χ0v) is 42.1. The van der Waals surface area contributed by atoms with E-state index in [-0.39, 0.29) is 40.1 Å². The number of nitrogens with zero attached hydrogens (tertiary/aromatic N) is 6. The molecule has 2 N–H and O–H groups in total. The lowest BCUT2D eigenvalue weighted by molar-refractivity contribution is -0.204. The van der Waals surface area contributed by atoms with Crippen LogP contribution in [0, 0.1) is 40.9 Å². The van der Waals surface area contributed by atoms with Crippen LogP contribution in [0.5, 0.6) is 11.5 Å². The first kappa shape index (κ1) is 53.6. The van der Waals surface area contributed by atoms with Gasteiger partial charge in [0.15, 0.2) is 17.4 Å². The molecule has 372 valence electrons. The van der Waals surface area contributed by atoms with E-state index in [1.165, 1.54) is 100 Å². The number of phosphoric ester groups is 1. The van der Waals surface area contributed by atoms with Crippen molar-refractivity contribution in [1.29, 1.82) is 15.8 Å². The van der Waals surface area contributed by atoms with E-state index in [1.807, 2.05) is 0 Å². The Balaban J connectivity index is 1.10. The number of para-hydroxylation sites is 1. The highest BCUT2D eigenvalue weighted by molar-refractivity contribution is 7.49. The monoisotopic (exact) mass is 987 g/mol. The first-order valence-electron chi connectivity index (χ1n) is 24.4. The number of nitriles is 3. The highest BCUT2D eigenvalue weighted by atomic mass is 35.5. The molecule has 1 unspecified atom stereocenters. The second-order valence-electron chi connectivity index (χ2n) is 18.3. The minimum atomic E-state index is -4.68. The molecule has 2 aliphatic rings. The second-order valence-corrected chi connectivity index (χ2v) is 20.3. The van der Waals surface area contributed by atoms with Gasteiger partial charge in [-0.2, -0.15) is 20.9 Å². The van der Waals surface area contributed by atoms with Crippen molar-refractivity contribution in [3.63, 3.8) is 0 Å². The summed E-state index contributed by atoms with van der Waals surface area (Å²) < 4.78 is 66.1. The summed E-state index contributed by atoms with van der Waals surface area (Å²) in [6.07, 6.45) is 17.3. The number of halogens is 1. The summed E-state index contributed by atoms with van der Waals surface area (Å²) in [4.78, 5) is 4.06. The number of rotatable bonds is 30. The third kappa shape index (κ3) is 14.4. The molecule has 6 atom stereocenters. The van der Waals surface area contributed by atoms with E-state index >= 15 is 0 Å². The normalized spacial score (nSPS) is 20.7. The average Bonchev–Trinajstić information content (AvgIpc) is 4.01. The van der Waals surface area contributed by atoms with Crippen LogP contribution in [0.4, 0.5) is 5.82 Å². The second kappa shape index (κ2) is 25.9. The summed E-state index contributed by atoms with van der Waals surface area (Å²) in [6.45, 7) is 6.92. The average molecular weight is 989 g/mol. The molecular formula is C51H67ClN7O9P. The number of nitrogens with two attached hydrogens (primary N) is 1. The van der Waals surface area contributed by atoms with Crippen molar-refractivity contribution < 1.29 is 41.8 Å². The third-order valence-corrected chi connectivity index (χ3v) is 14.0. The number of phosphoric acid groups is 1. The first-order valence-corrected chi connectivity index (χ1v) is 26.3. The van der Waals surface area contributed by atoms with Gasteiger partial charge in [0.1, 0.15) is 60.2 Å². The molecule has 16 nitrogen and oxygen atoms in total. The van der Waals surface area contributed by atoms with Gasteiger partial charge < -0.3 is 33.9 Å². The minimum Gasteiger partial charge on any atom is -0.483 e. The van der Waals surface area contributed by atoms with Gasteiger partial charge in [0.05, 0.1) is 41.7 Å². The summed E-state index contributed by atoms with van der Waals surface area (Å²) >= 11 is 6.49. The molecule has 2 fully saturated rings. The van der Waals surface area contributed by atoms with Crippen LogP contribution in [0.2, 0.25) is 5.02 Å².